The van der Waals surface area contributed by atoms with E-state index in [-0.39, 0.29) is 11.7 Å². The number of nitrogens with zero attached hydrogens (tertiary/aromatic N) is 1. The van der Waals surface area contributed by atoms with Crippen LogP contribution in [0.5, 0.6) is 0 Å². The number of likely N-dealkylation sites (tertiary alicyclic amines) is 1. The predicted molar refractivity (Wildman–Crippen MR) is 74.8 cm³/mol. The van der Waals surface area contributed by atoms with Crippen LogP contribution in [0.1, 0.15) is 47.5 Å². The molecule has 0 aliphatic carbocycles. The Labute approximate surface area is 116 Å². The van der Waals surface area contributed by atoms with Gasteiger partial charge in [-0.15, -0.1) is 5.92 Å². The lowest BCUT2D eigenvalue weighted by Crippen LogP contribution is -2.51. The summed E-state index contributed by atoms with van der Waals surface area (Å²) < 4.78 is 11.2. The lowest BCUT2D eigenvalue weighted by atomic mass is 9.95. The van der Waals surface area contributed by atoms with E-state index in [9.17, 15) is 4.79 Å². The summed E-state index contributed by atoms with van der Waals surface area (Å²) in [6.45, 7) is 11.2. The Morgan fingerprint density at radius 3 is 2.68 bits per heavy atom. The molecule has 0 bridgehead atoms. The first-order valence-corrected chi connectivity index (χ1v) is 6.77. The van der Waals surface area contributed by atoms with Crippen molar-refractivity contribution in [3.63, 3.8) is 0 Å². The van der Waals surface area contributed by atoms with Gasteiger partial charge in [0.2, 0.25) is 0 Å². The molecule has 1 unspecified atom stereocenters. The third-order valence-electron chi connectivity index (χ3n) is 2.98. The van der Waals surface area contributed by atoms with Crippen molar-refractivity contribution in [3.05, 3.63) is 0 Å². The molecule has 0 aromatic heterocycles. The summed E-state index contributed by atoms with van der Waals surface area (Å²) in [5, 5.41) is 0. The molecule has 4 nitrogen and oxygen atoms in total. The zero-order chi connectivity index (χ0) is 14.5. The van der Waals surface area contributed by atoms with Crippen LogP contribution in [0.25, 0.3) is 0 Å². The van der Waals surface area contributed by atoms with Crippen LogP contribution in [0.2, 0.25) is 0 Å². The van der Waals surface area contributed by atoms with Crippen molar-refractivity contribution in [1.82, 2.24) is 4.90 Å². The highest BCUT2D eigenvalue weighted by Gasteiger charge is 2.35. The van der Waals surface area contributed by atoms with Crippen LogP contribution in [-0.2, 0) is 9.47 Å². The lowest BCUT2D eigenvalue weighted by Gasteiger charge is -2.40. The molecule has 4 heteroatoms. The second kappa shape index (κ2) is 6.29. The van der Waals surface area contributed by atoms with Crippen molar-refractivity contribution in [3.8, 4) is 11.8 Å². The number of hydrogen-bond acceptors (Lipinski definition) is 3. The molecule has 0 N–H and O–H groups in total. The summed E-state index contributed by atoms with van der Waals surface area (Å²) in [5.74, 6) is 5.71. The van der Waals surface area contributed by atoms with Gasteiger partial charge in [-0.1, -0.05) is 5.92 Å². The Hall–Kier alpha value is -1.21. The van der Waals surface area contributed by atoms with Gasteiger partial charge in [0.15, 0.2) is 0 Å². The van der Waals surface area contributed by atoms with Crippen molar-refractivity contribution in [2.45, 2.75) is 58.7 Å². The molecule has 0 saturated carbocycles. The van der Waals surface area contributed by atoms with E-state index in [0.717, 1.165) is 19.4 Å². The van der Waals surface area contributed by atoms with Crippen LogP contribution >= 0.6 is 0 Å². The van der Waals surface area contributed by atoms with E-state index in [1.165, 1.54) is 0 Å². The minimum Gasteiger partial charge on any atom is -0.444 e. The van der Waals surface area contributed by atoms with E-state index in [0.29, 0.717) is 13.2 Å². The summed E-state index contributed by atoms with van der Waals surface area (Å²) in [6, 6.07) is 0. The molecule has 1 saturated heterocycles. The van der Waals surface area contributed by atoms with E-state index < -0.39 is 5.60 Å². The monoisotopic (exact) mass is 267 g/mol. The standard InChI is InChI=1S/C15H25NO3/c1-6-7-11-18-15(5)9-8-10-16(12-15)13(17)19-14(2,3)4/h8-12H2,1-5H3. The maximum absolute atomic E-state index is 12.1. The summed E-state index contributed by atoms with van der Waals surface area (Å²) in [5.41, 5.74) is -0.779. The average molecular weight is 267 g/mol. The number of carbonyl (C=O) groups excluding carboxylic acids is 1. The first kappa shape index (κ1) is 15.8. The third kappa shape index (κ3) is 5.52. The molecule has 1 rings (SSSR count). The second-order valence-corrected chi connectivity index (χ2v) is 6.17. The molecule has 0 spiro atoms. The SMILES string of the molecule is CC#CCOC1(C)CCCN(C(=O)OC(C)(C)C)C1. The fourth-order valence-electron chi connectivity index (χ4n) is 2.09. The van der Waals surface area contributed by atoms with Crippen LogP contribution in [0, 0.1) is 11.8 Å². The molecule has 0 radical (unpaired) electrons. The van der Waals surface area contributed by atoms with Crippen molar-refractivity contribution in [2.75, 3.05) is 19.7 Å². The van der Waals surface area contributed by atoms with Gasteiger partial charge in [0.1, 0.15) is 12.2 Å². The summed E-state index contributed by atoms with van der Waals surface area (Å²) in [7, 11) is 0. The van der Waals surface area contributed by atoms with Crippen LogP contribution in [0.3, 0.4) is 0 Å². The number of amides is 1. The van der Waals surface area contributed by atoms with Crippen LogP contribution in [0.15, 0.2) is 0 Å². The Morgan fingerprint density at radius 2 is 2.11 bits per heavy atom. The van der Waals surface area contributed by atoms with Gasteiger partial charge >= 0.3 is 6.09 Å². The van der Waals surface area contributed by atoms with Gasteiger partial charge in [0, 0.05) is 6.54 Å². The van der Waals surface area contributed by atoms with E-state index in [2.05, 4.69) is 11.8 Å². The zero-order valence-corrected chi connectivity index (χ0v) is 12.7. The molecular weight excluding hydrogens is 242 g/mol. The van der Waals surface area contributed by atoms with E-state index >= 15 is 0 Å². The molecule has 1 aliphatic heterocycles. The average Bonchev–Trinajstić information content (AvgIpc) is 2.27. The number of ether oxygens (including phenoxy) is 2. The molecule has 0 aromatic rings. The number of hydrogen-bond donors (Lipinski definition) is 0. The van der Waals surface area contributed by atoms with Gasteiger partial charge in [0.05, 0.1) is 12.1 Å². The van der Waals surface area contributed by atoms with Crippen molar-refractivity contribution >= 4 is 6.09 Å². The van der Waals surface area contributed by atoms with Gasteiger partial charge in [-0.3, -0.25) is 0 Å². The molecule has 1 atom stereocenters. The maximum atomic E-state index is 12.1. The molecule has 108 valence electrons. The van der Waals surface area contributed by atoms with E-state index in [1.807, 2.05) is 27.7 Å². The quantitative estimate of drug-likeness (QED) is 0.722. The largest absolute Gasteiger partial charge is 0.444 e. The Morgan fingerprint density at radius 1 is 1.42 bits per heavy atom. The van der Waals surface area contributed by atoms with Gasteiger partial charge < -0.3 is 14.4 Å². The minimum absolute atomic E-state index is 0.261. The summed E-state index contributed by atoms with van der Waals surface area (Å²) in [4.78, 5) is 13.8. The second-order valence-electron chi connectivity index (χ2n) is 6.17. The fraction of sp³-hybridized carbons (Fsp3) is 0.800. The zero-order valence-electron chi connectivity index (χ0n) is 12.7. The molecule has 1 aliphatic rings. The highest BCUT2D eigenvalue weighted by Crippen LogP contribution is 2.25. The highest BCUT2D eigenvalue weighted by atomic mass is 16.6. The number of rotatable bonds is 2. The Bertz CT molecular complexity index is 375. The maximum Gasteiger partial charge on any atom is 0.410 e. The van der Waals surface area contributed by atoms with Crippen LogP contribution in [0.4, 0.5) is 4.79 Å². The number of carbonyl (C=O) groups is 1. The normalized spacial score (nSPS) is 23.5. The fourth-order valence-corrected chi connectivity index (χ4v) is 2.09. The Balaban J connectivity index is 2.57. The third-order valence-corrected chi connectivity index (χ3v) is 2.98. The van der Waals surface area contributed by atoms with Gasteiger partial charge in [0.25, 0.3) is 0 Å². The smallest absolute Gasteiger partial charge is 0.410 e. The van der Waals surface area contributed by atoms with Crippen LogP contribution < -0.4 is 0 Å². The van der Waals surface area contributed by atoms with Gasteiger partial charge in [-0.25, -0.2) is 4.79 Å². The summed E-state index contributed by atoms with van der Waals surface area (Å²) >= 11 is 0. The predicted octanol–water partition coefficient (Wildman–Crippen LogP) is 2.82. The molecule has 1 fully saturated rings. The van der Waals surface area contributed by atoms with E-state index in [1.54, 1.807) is 11.8 Å². The summed E-state index contributed by atoms with van der Waals surface area (Å²) in [6.07, 6.45) is 1.61. The van der Waals surface area contributed by atoms with Gasteiger partial charge in [-0.2, -0.15) is 0 Å². The van der Waals surface area contributed by atoms with Crippen LogP contribution in [-0.4, -0.2) is 41.9 Å². The minimum atomic E-state index is -0.459. The van der Waals surface area contributed by atoms with E-state index in [4.69, 9.17) is 9.47 Å². The topological polar surface area (TPSA) is 38.8 Å². The lowest BCUT2D eigenvalue weighted by molar-refractivity contribution is -0.0684. The molecular formula is C15H25NO3. The Kier molecular flexibility index (Phi) is 5.25. The molecule has 0 aromatic carbocycles. The van der Waals surface area contributed by atoms with Crippen molar-refractivity contribution < 1.29 is 14.3 Å². The van der Waals surface area contributed by atoms with Crippen molar-refractivity contribution in [2.24, 2.45) is 0 Å². The first-order chi connectivity index (χ1) is 8.76. The first-order valence-electron chi connectivity index (χ1n) is 6.77. The molecule has 1 heterocycles. The molecule has 1 amide bonds. The molecule has 19 heavy (non-hydrogen) atoms. The van der Waals surface area contributed by atoms with Gasteiger partial charge in [-0.05, 0) is 47.5 Å². The highest BCUT2D eigenvalue weighted by molar-refractivity contribution is 5.68. The number of piperidine rings is 1. The van der Waals surface area contributed by atoms with Crippen molar-refractivity contribution in [1.29, 1.82) is 0 Å².